The third-order valence-corrected chi connectivity index (χ3v) is 0.812. The molecule has 0 radical (unpaired) electrons. The van der Waals surface area contributed by atoms with Crippen LogP contribution in [0.2, 0.25) is 0 Å². The van der Waals surface area contributed by atoms with E-state index in [1.54, 1.807) is 6.92 Å². The van der Waals surface area contributed by atoms with Crippen molar-refractivity contribution < 1.29 is 28.7 Å². The van der Waals surface area contributed by atoms with Crippen LogP contribution in [0.4, 0.5) is 0 Å². The number of hydrogen-bond donors (Lipinski definition) is 4. The molecule has 0 spiro atoms. The van der Waals surface area contributed by atoms with Crippen molar-refractivity contribution in [2.45, 2.75) is 6.92 Å². The van der Waals surface area contributed by atoms with Crippen LogP contribution in [0.15, 0.2) is 0 Å². The number of phosphoric acid groups is 1. The van der Waals surface area contributed by atoms with Crippen molar-refractivity contribution in [1.82, 2.24) is 0 Å². The van der Waals surface area contributed by atoms with E-state index in [4.69, 9.17) is 24.1 Å². The molecule has 0 aromatic carbocycles. The van der Waals surface area contributed by atoms with Gasteiger partial charge in [-0.25, -0.2) is 4.57 Å². The Morgan fingerprint density at radius 3 is 1.33 bits per heavy atom. The molecule has 0 bridgehead atoms. The summed E-state index contributed by atoms with van der Waals surface area (Å²) in [6.45, 7) is 1.67. The zero-order valence-corrected chi connectivity index (χ0v) is 10.5. The van der Waals surface area contributed by atoms with Crippen molar-refractivity contribution in [2.75, 3.05) is 6.16 Å². The topological polar surface area (TPSA) is 115 Å². The summed E-state index contributed by atoms with van der Waals surface area (Å²) in [4.78, 5) is 29.4. The van der Waals surface area contributed by atoms with Gasteiger partial charge >= 0.3 is 50.6 Å². The van der Waals surface area contributed by atoms with E-state index in [-0.39, 0.29) is 34.7 Å². The second-order valence-electron chi connectivity index (χ2n) is 1.18. The normalized spacial score (nSPS) is 9.58. The fraction of sp³-hybridized carbons (Fsp3) is 1.00. The average molecular weight is 245 g/mol. The van der Waals surface area contributed by atoms with Crippen molar-refractivity contribution in [2.24, 2.45) is 0 Å². The molecule has 0 aromatic heterocycles. The molecule has 0 aliphatic heterocycles. The first-order chi connectivity index (χ1) is 4.27. The van der Waals surface area contributed by atoms with E-state index in [2.05, 4.69) is 0 Å². The maximum Gasteiger partial charge on any atom is 3.00 e. The molecule has 4 N–H and O–H groups in total. The minimum atomic E-state index is -4.64. The van der Waals surface area contributed by atoms with E-state index in [0.717, 1.165) is 0 Å². The Balaban J connectivity index is -0.0000000457. The van der Waals surface area contributed by atoms with Crippen molar-refractivity contribution in [3.8, 4) is 0 Å². The van der Waals surface area contributed by atoms with Crippen molar-refractivity contribution in [3.63, 3.8) is 0 Å². The molecule has 0 aliphatic carbocycles. The van der Waals surface area contributed by atoms with Crippen LogP contribution in [-0.2, 0) is 9.13 Å². The molecule has 6 nitrogen and oxygen atoms in total. The van der Waals surface area contributed by atoms with E-state index < -0.39 is 15.9 Å². The predicted octanol–water partition coefficient (Wildman–Crippen LogP) is -0.949. The van der Waals surface area contributed by atoms with Gasteiger partial charge in [0.25, 0.3) is 0 Å². The van der Waals surface area contributed by atoms with E-state index in [1.807, 2.05) is 0 Å². The van der Waals surface area contributed by atoms with Crippen molar-refractivity contribution >= 4 is 50.6 Å². The average Bonchev–Trinajstić information content (AvgIpc) is 1.61. The molecule has 0 aliphatic rings. The SMILES string of the molecule is CC[P+](=O)O.O=P(O)(O)O.[Al+3].[Al+3]. The summed E-state index contributed by atoms with van der Waals surface area (Å²) < 4.78 is 18.4. The third kappa shape index (κ3) is 112. The molecule has 12 heavy (non-hydrogen) atoms. The van der Waals surface area contributed by atoms with E-state index in [9.17, 15) is 4.57 Å². The molecule has 1 atom stereocenters. The molecule has 0 fully saturated rings. The summed E-state index contributed by atoms with van der Waals surface area (Å²) in [5.74, 6) is 0. The molecule has 0 saturated heterocycles. The minimum Gasteiger partial charge on any atom is -0.303 e. The van der Waals surface area contributed by atoms with Crippen LogP contribution < -0.4 is 0 Å². The van der Waals surface area contributed by atoms with Gasteiger partial charge in [0.15, 0.2) is 6.16 Å². The van der Waals surface area contributed by atoms with E-state index in [0.29, 0.717) is 6.16 Å². The molecular weight excluding hydrogens is 236 g/mol. The second kappa shape index (κ2) is 12.2. The maximum atomic E-state index is 9.52. The first-order valence-electron chi connectivity index (χ1n) is 2.19. The Hall–Kier alpha value is 1.23. The first kappa shape index (κ1) is 23.2. The van der Waals surface area contributed by atoms with Crippen LogP contribution in [0.25, 0.3) is 0 Å². The van der Waals surface area contributed by atoms with Gasteiger partial charge in [-0.2, -0.15) is 4.89 Å². The Labute approximate surface area is 92.4 Å². The maximum absolute atomic E-state index is 9.52. The molecule has 0 amide bonds. The third-order valence-electron chi connectivity index (χ3n) is 0.271. The monoisotopic (exact) mass is 245 g/mol. The Kier molecular flexibility index (Phi) is 23.7. The Morgan fingerprint density at radius 1 is 1.25 bits per heavy atom. The van der Waals surface area contributed by atoms with Gasteiger partial charge in [-0.3, -0.25) is 0 Å². The van der Waals surface area contributed by atoms with Gasteiger partial charge in [-0.15, -0.1) is 0 Å². The summed E-state index contributed by atoms with van der Waals surface area (Å²) in [5, 5.41) is 0. The Morgan fingerprint density at radius 2 is 1.33 bits per heavy atom. The molecule has 0 aromatic rings. The van der Waals surface area contributed by atoms with Crippen LogP contribution in [-0.4, -0.2) is 60.5 Å². The van der Waals surface area contributed by atoms with Crippen molar-refractivity contribution in [1.29, 1.82) is 0 Å². The Bertz CT molecular complexity index is 136. The van der Waals surface area contributed by atoms with Crippen molar-refractivity contribution in [3.05, 3.63) is 0 Å². The first-order valence-corrected chi connectivity index (χ1v) is 5.15. The largest absolute Gasteiger partial charge is 3.00 e. The molecule has 0 rings (SSSR count). The standard InChI is InChI=1S/C2H5O2P.2Al.H3O4P/c1-2-5(3)4;;;1-5(2,3)4/h2H2,1H3;;;(H3,1,2,3,4)/q;2*+3;/p+1. The summed E-state index contributed by atoms with van der Waals surface area (Å²) >= 11 is 0. The summed E-state index contributed by atoms with van der Waals surface area (Å²) in [5.41, 5.74) is 0. The number of rotatable bonds is 1. The van der Waals surface area contributed by atoms with Gasteiger partial charge in [-0.1, -0.05) is 0 Å². The van der Waals surface area contributed by atoms with Gasteiger partial charge < -0.3 is 14.7 Å². The fourth-order valence-electron chi connectivity index (χ4n) is 0. The molecule has 10 heteroatoms. The predicted molar refractivity (Wildman–Crippen MR) is 46.1 cm³/mol. The van der Waals surface area contributed by atoms with Gasteiger partial charge in [0, 0.05) is 0 Å². The van der Waals surface area contributed by atoms with Gasteiger partial charge in [0.05, 0.1) is 0 Å². The summed E-state index contributed by atoms with van der Waals surface area (Å²) in [7, 11) is -6.49. The fourth-order valence-corrected chi connectivity index (χ4v) is 0. The summed E-state index contributed by atoms with van der Waals surface area (Å²) in [6, 6.07) is 0. The molecule has 62 valence electrons. The van der Waals surface area contributed by atoms with Crippen LogP contribution >= 0.6 is 15.9 Å². The van der Waals surface area contributed by atoms with E-state index in [1.165, 1.54) is 0 Å². The van der Waals surface area contributed by atoms with Crippen LogP contribution in [0, 0.1) is 0 Å². The molecule has 1 unspecified atom stereocenters. The van der Waals surface area contributed by atoms with Crippen LogP contribution in [0.3, 0.4) is 0 Å². The smallest absolute Gasteiger partial charge is 0.303 e. The quantitative estimate of drug-likeness (QED) is 0.349. The second-order valence-corrected chi connectivity index (χ2v) is 3.55. The van der Waals surface area contributed by atoms with Gasteiger partial charge in [0.2, 0.25) is 0 Å². The zero-order valence-electron chi connectivity index (χ0n) is 6.36. The number of hydrogen-bond acceptors (Lipinski definition) is 2. The molecule has 0 heterocycles. The van der Waals surface area contributed by atoms with Crippen LogP contribution in [0.5, 0.6) is 0 Å². The minimum absolute atomic E-state index is 0. The molecular formula is C2H9Al2O6P2+7. The van der Waals surface area contributed by atoms with Gasteiger partial charge in [0.1, 0.15) is 0 Å². The van der Waals surface area contributed by atoms with Crippen LogP contribution in [0.1, 0.15) is 6.92 Å². The molecule has 0 saturated carbocycles. The summed E-state index contributed by atoms with van der Waals surface area (Å²) in [6.07, 6.45) is 0.370. The van der Waals surface area contributed by atoms with E-state index >= 15 is 0 Å². The van der Waals surface area contributed by atoms with Gasteiger partial charge in [-0.05, 0) is 11.5 Å². The zero-order chi connectivity index (χ0) is 8.78.